The molecule has 29 heavy (non-hydrogen) atoms. The van der Waals surface area contributed by atoms with Gasteiger partial charge in [-0.25, -0.2) is 0 Å². The van der Waals surface area contributed by atoms with E-state index in [9.17, 15) is 9.59 Å². The van der Waals surface area contributed by atoms with Gasteiger partial charge in [0.1, 0.15) is 0 Å². The first-order valence-electron chi connectivity index (χ1n) is 9.72. The monoisotopic (exact) mass is 417 g/mol. The summed E-state index contributed by atoms with van der Waals surface area (Å²) in [5, 5.41) is 5.74. The molecule has 0 spiro atoms. The molecule has 2 unspecified atom stereocenters. The molecular weight excluding hydrogens is 386 g/mol. The fraction of sp³-hybridized carbons (Fsp3) is 0.391. The molecule has 0 aliphatic carbocycles. The van der Waals surface area contributed by atoms with Crippen molar-refractivity contribution in [2.24, 2.45) is 5.73 Å². The van der Waals surface area contributed by atoms with E-state index in [4.69, 9.17) is 5.73 Å². The van der Waals surface area contributed by atoms with Crippen LogP contribution in [0, 0.1) is 6.92 Å². The van der Waals surface area contributed by atoms with Crippen molar-refractivity contribution in [1.29, 1.82) is 0 Å². The molecule has 0 aromatic heterocycles. The minimum absolute atomic E-state index is 0. The van der Waals surface area contributed by atoms with Gasteiger partial charge >= 0.3 is 0 Å². The van der Waals surface area contributed by atoms with Gasteiger partial charge in [0.05, 0.1) is 12.5 Å². The van der Waals surface area contributed by atoms with Crippen molar-refractivity contribution >= 4 is 24.2 Å². The Hall–Kier alpha value is -2.37. The van der Waals surface area contributed by atoms with Crippen LogP contribution >= 0.6 is 12.4 Å². The normalized spacial score (nSPS) is 12.6. The molecule has 2 amide bonds. The largest absolute Gasteiger partial charge is 0.354 e. The highest BCUT2D eigenvalue weighted by molar-refractivity contribution is 5.85. The van der Waals surface area contributed by atoms with Gasteiger partial charge in [0.2, 0.25) is 11.8 Å². The van der Waals surface area contributed by atoms with Gasteiger partial charge in [-0.3, -0.25) is 9.59 Å². The Morgan fingerprint density at radius 1 is 0.931 bits per heavy atom. The Morgan fingerprint density at radius 2 is 1.45 bits per heavy atom. The van der Waals surface area contributed by atoms with Crippen LogP contribution in [0.25, 0.3) is 0 Å². The summed E-state index contributed by atoms with van der Waals surface area (Å²) in [5.74, 6) is 0.159. The Morgan fingerprint density at radius 3 is 1.97 bits per heavy atom. The molecule has 2 aromatic carbocycles. The molecule has 0 radical (unpaired) electrons. The molecule has 2 atom stereocenters. The number of carbonyl (C=O) groups is 2. The molecule has 0 fully saturated rings. The number of benzene rings is 2. The maximum absolute atomic E-state index is 12.4. The number of aryl methyl sites for hydroxylation is 1. The predicted octanol–water partition coefficient (Wildman–Crippen LogP) is 3.92. The topological polar surface area (TPSA) is 84.2 Å². The summed E-state index contributed by atoms with van der Waals surface area (Å²) in [7, 11) is 0. The van der Waals surface area contributed by atoms with Crippen LogP contribution in [0.4, 0.5) is 0 Å². The fourth-order valence-electron chi connectivity index (χ4n) is 3.02. The highest BCUT2D eigenvalue weighted by Crippen LogP contribution is 2.19. The van der Waals surface area contributed by atoms with Crippen molar-refractivity contribution in [3.05, 3.63) is 70.8 Å². The van der Waals surface area contributed by atoms with Gasteiger partial charge in [-0.15, -0.1) is 12.4 Å². The van der Waals surface area contributed by atoms with E-state index in [-0.39, 0.29) is 42.7 Å². The van der Waals surface area contributed by atoms with Gasteiger partial charge in [0, 0.05) is 19.5 Å². The van der Waals surface area contributed by atoms with E-state index in [0.29, 0.717) is 12.5 Å². The molecule has 6 heteroatoms. The van der Waals surface area contributed by atoms with E-state index in [1.807, 2.05) is 43.3 Å². The summed E-state index contributed by atoms with van der Waals surface area (Å²) in [6.45, 7) is 8.10. The van der Waals surface area contributed by atoms with Gasteiger partial charge in [-0.1, -0.05) is 67.9 Å². The van der Waals surface area contributed by atoms with E-state index < -0.39 is 0 Å². The lowest BCUT2D eigenvalue weighted by Crippen LogP contribution is -2.35. The number of nitrogens with one attached hydrogen (secondary N) is 2. The zero-order valence-electron chi connectivity index (χ0n) is 17.6. The number of nitrogens with two attached hydrogens (primary N) is 1. The third kappa shape index (κ3) is 7.87. The predicted molar refractivity (Wildman–Crippen MR) is 120 cm³/mol. The molecule has 158 valence electrons. The SMILES string of the molecule is CC(=O)NC(CC(=O)NCC(N)c1ccc(C(C)C)cc1)c1ccc(C)cc1.Cl. The van der Waals surface area contributed by atoms with Crippen molar-refractivity contribution < 1.29 is 9.59 Å². The average Bonchev–Trinajstić information content (AvgIpc) is 2.66. The molecular formula is C23H32ClN3O2. The van der Waals surface area contributed by atoms with E-state index in [2.05, 4.69) is 36.6 Å². The summed E-state index contributed by atoms with van der Waals surface area (Å²) in [6, 6.07) is 15.4. The highest BCUT2D eigenvalue weighted by Gasteiger charge is 2.18. The van der Waals surface area contributed by atoms with Crippen molar-refractivity contribution in [2.75, 3.05) is 6.54 Å². The van der Waals surface area contributed by atoms with Crippen LogP contribution in [0.1, 0.15) is 67.4 Å². The second kappa shape index (κ2) is 11.6. The van der Waals surface area contributed by atoms with Crippen LogP contribution in [0.3, 0.4) is 0 Å². The minimum Gasteiger partial charge on any atom is -0.354 e. The Balaban J connectivity index is 0.00000420. The Kier molecular flexibility index (Phi) is 9.86. The molecule has 0 aliphatic heterocycles. The standard InChI is InChI=1S/C23H31N3O2.ClH/c1-15(2)18-9-11-19(12-10-18)21(24)14-25-23(28)13-22(26-17(4)27)20-7-5-16(3)6-8-20;/h5-12,15,21-22H,13-14,24H2,1-4H3,(H,25,28)(H,26,27);1H. The number of carbonyl (C=O) groups excluding carboxylic acids is 2. The third-order valence-electron chi connectivity index (χ3n) is 4.80. The highest BCUT2D eigenvalue weighted by atomic mass is 35.5. The van der Waals surface area contributed by atoms with Gasteiger partial charge in [-0.2, -0.15) is 0 Å². The van der Waals surface area contributed by atoms with Crippen LogP contribution < -0.4 is 16.4 Å². The molecule has 0 saturated heterocycles. The van der Waals surface area contributed by atoms with E-state index >= 15 is 0 Å². The summed E-state index contributed by atoms with van der Waals surface area (Å²) in [6.07, 6.45) is 0.168. The average molecular weight is 418 g/mol. The minimum atomic E-state index is -0.361. The number of hydrogen-bond acceptors (Lipinski definition) is 3. The number of rotatable bonds is 8. The first kappa shape index (κ1) is 24.7. The van der Waals surface area contributed by atoms with Crippen LogP contribution in [0.2, 0.25) is 0 Å². The van der Waals surface area contributed by atoms with Gasteiger partial charge in [-0.05, 0) is 29.5 Å². The van der Waals surface area contributed by atoms with Gasteiger partial charge in [0.25, 0.3) is 0 Å². The molecule has 0 heterocycles. The maximum atomic E-state index is 12.4. The molecule has 2 aromatic rings. The number of halogens is 1. The quantitative estimate of drug-likeness (QED) is 0.608. The smallest absolute Gasteiger partial charge is 0.222 e. The summed E-state index contributed by atoms with van der Waals surface area (Å²) in [5.41, 5.74) is 10.5. The number of hydrogen-bond donors (Lipinski definition) is 3. The Bertz CT molecular complexity index is 789. The lowest BCUT2D eigenvalue weighted by Gasteiger charge is -2.19. The summed E-state index contributed by atoms with van der Waals surface area (Å²) < 4.78 is 0. The lowest BCUT2D eigenvalue weighted by molar-refractivity contribution is -0.122. The third-order valence-corrected chi connectivity index (χ3v) is 4.80. The zero-order chi connectivity index (χ0) is 20.7. The molecule has 2 rings (SSSR count). The first-order valence-corrected chi connectivity index (χ1v) is 9.72. The molecule has 4 N–H and O–H groups in total. The van der Waals surface area contributed by atoms with Gasteiger partial charge < -0.3 is 16.4 Å². The summed E-state index contributed by atoms with van der Waals surface area (Å²) in [4.78, 5) is 24.0. The Labute approximate surface area is 179 Å². The van der Waals surface area contributed by atoms with Crippen molar-refractivity contribution in [2.45, 2.75) is 52.1 Å². The zero-order valence-corrected chi connectivity index (χ0v) is 18.4. The molecule has 0 bridgehead atoms. The van der Waals surface area contributed by atoms with Crippen LogP contribution in [-0.2, 0) is 9.59 Å². The second-order valence-corrected chi connectivity index (χ2v) is 7.60. The summed E-state index contributed by atoms with van der Waals surface area (Å²) >= 11 is 0. The van der Waals surface area contributed by atoms with Crippen molar-refractivity contribution in [1.82, 2.24) is 10.6 Å². The van der Waals surface area contributed by atoms with Crippen LogP contribution in [-0.4, -0.2) is 18.4 Å². The molecule has 0 aliphatic rings. The van der Waals surface area contributed by atoms with E-state index in [1.54, 1.807) is 0 Å². The molecule has 5 nitrogen and oxygen atoms in total. The van der Waals surface area contributed by atoms with Crippen LogP contribution in [0.15, 0.2) is 48.5 Å². The van der Waals surface area contributed by atoms with Gasteiger partial charge in [0.15, 0.2) is 0 Å². The van der Waals surface area contributed by atoms with Crippen molar-refractivity contribution in [3.63, 3.8) is 0 Å². The fourth-order valence-corrected chi connectivity index (χ4v) is 3.02. The van der Waals surface area contributed by atoms with Crippen LogP contribution in [0.5, 0.6) is 0 Å². The molecule has 0 saturated carbocycles. The maximum Gasteiger partial charge on any atom is 0.222 e. The van der Waals surface area contributed by atoms with Crippen molar-refractivity contribution in [3.8, 4) is 0 Å². The first-order chi connectivity index (χ1) is 13.3. The van der Waals surface area contributed by atoms with E-state index in [1.165, 1.54) is 12.5 Å². The second-order valence-electron chi connectivity index (χ2n) is 7.60. The lowest BCUT2D eigenvalue weighted by atomic mass is 9.99. The number of amides is 2. The van der Waals surface area contributed by atoms with E-state index in [0.717, 1.165) is 16.7 Å².